The first-order chi connectivity index (χ1) is 9.70. The Kier molecular flexibility index (Phi) is 7.50. The molecule has 1 aromatic rings. The fourth-order valence-electron chi connectivity index (χ4n) is 2.28. The molecule has 1 aliphatic rings. The van der Waals surface area contributed by atoms with Gasteiger partial charge in [0.2, 0.25) is 5.91 Å². The molecule has 1 fully saturated rings. The summed E-state index contributed by atoms with van der Waals surface area (Å²) in [4.78, 5) is 11.9. The Bertz CT molecular complexity index is 462. The first-order valence-electron chi connectivity index (χ1n) is 6.93. The van der Waals surface area contributed by atoms with Crippen molar-refractivity contribution in [1.82, 2.24) is 10.6 Å². The molecule has 1 atom stereocenters. The van der Waals surface area contributed by atoms with Crippen molar-refractivity contribution in [2.75, 3.05) is 33.4 Å². The molecule has 0 bridgehead atoms. The first kappa shape index (κ1) is 17.8. The summed E-state index contributed by atoms with van der Waals surface area (Å²) in [5.41, 5.74) is 2.30. The smallest absolute Gasteiger partial charge is 0.239 e. The van der Waals surface area contributed by atoms with E-state index in [9.17, 15) is 4.79 Å². The largest absolute Gasteiger partial charge is 0.496 e. The highest BCUT2D eigenvalue weighted by molar-refractivity contribution is 5.85. The van der Waals surface area contributed by atoms with Crippen LogP contribution in [0, 0.1) is 6.92 Å². The second kappa shape index (κ2) is 8.87. The van der Waals surface area contributed by atoms with Crippen LogP contribution in [-0.2, 0) is 16.0 Å². The van der Waals surface area contributed by atoms with Crippen molar-refractivity contribution in [3.63, 3.8) is 0 Å². The molecule has 0 saturated carbocycles. The average molecular weight is 315 g/mol. The number of carbonyl (C=O) groups excluding carboxylic acids is 1. The van der Waals surface area contributed by atoms with Crippen LogP contribution in [0.1, 0.15) is 11.1 Å². The Morgan fingerprint density at radius 2 is 2.33 bits per heavy atom. The minimum atomic E-state index is -0.233. The number of benzene rings is 1. The molecule has 0 aromatic heterocycles. The minimum absolute atomic E-state index is 0. The Labute approximate surface area is 131 Å². The number of carbonyl (C=O) groups is 1. The van der Waals surface area contributed by atoms with Crippen LogP contribution in [0.25, 0.3) is 0 Å². The van der Waals surface area contributed by atoms with Crippen molar-refractivity contribution in [3.05, 3.63) is 29.3 Å². The monoisotopic (exact) mass is 314 g/mol. The Balaban J connectivity index is 0.00000220. The van der Waals surface area contributed by atoms with E-state index in [4.69, 9.17) is 9.47 Å². The van der Waals surface area contributed by atoms with E-state index in [1.807, 2.05) is 19.1 Å². The SMILES string of the molecule is COc1ccc(C)cc1CCNC(=O)C1COCCN1.Cl. The Morgan fingerprint density at radius 3 is 3.00 bits per heavy atom. The number of aryl methyl sites for hydroxylation is 1. The molecule has 2 rings (SSSR count). The second-order valence-electron chi connectivity index (χ2n) is 4.94. The Morgan fingerprint density at radius 1 is 1.52 bits per heavy atom. The predicted molar refractivity (Wildman–Crippen MR) is 84.3 cm³/mol. The fraction of sp³-hybridized carbons (Fsp3) is 0.533. The summed E-state index contributed by atoms with van der Waals surface area (Å²) in [7, 11) is 1.66. The number of methoxy groups -OCH3 is 1. The molecule has 0 aliphatic carbocycles. The van der Waals surface area contributed by atoms with Crippen LogP contribution in [0.2, 0.25) is 0 Å². The molecule has 1 saturated heterocycles. The first-order valence-corrected chi connectivity index (χ1v) is 6.93. The zero-order valence-electron chi connectivity index (χ0n) is 12.5. The standard InChI is InChI=1S/C15H22N2O3.ClH/c1-11-3-4-14(19-2)12(9-11)5-6-17-15(18)13-10-20-8-7-16-13;/h3-4,9,13,16H,5-8,10H2,1-2H3,(H,17,18);1H. The number of hydrogen-bond donors (Lipinski definition) is 2. The maximum absolute atomic E-state index is 11.9. The molecule has 1 heterocycles. The zero-order chi connectivity index (χ0) is 14.4. The molecular weight excluding hydrogens is 292 g/mol. The summed E-state index contributed by atoms with van der Waals surface area (Å²) in [6.45, 7) is 4.48. The number of amides is 1. The number of hydrogen-bond acceptors (Lipinski definition) is 4. The van der Waals surface area contributed by atoms with Crippen molar-refractivity contribution >= 4 is 18.3 Å². The van der Waals surface area contributed by atoms with Gasteiger partial charge in [0.05, 0.1) is 20.3 Å². The molecule has 5 nitrogen and oxygen atoms in total. The summed E-state index contributed by atoms with van der Waals surface area (Å²) in [6.07, 6.45) is 0.754. The quantitative estimate of drug-likeness (QED) is 0.853. The van der Waals surface area contributed by atoms with Gasteiger partial charge in [0.1, 0.15) is 11.8 Å². The summed E-state index contributed by atoms with van der Waals surface area (Å²) in [5, 5.41) is 6.07. The van der Waals surface area contributed by atoms with Crippen molar-refractivity contribution in [1.29, 1.82) is 0 Å². The lowest BCUT2D eigenvalue weighted by atomic mass is 10.1. The molecule has 2 N–H and O–H groups in total. The van der Waals surface area contributed by atoms with Gasteiger partial charge in [-0.1, -0.05) is 17.7 Å². The van der Waals surface area contributed by atoms with Gasteiger partial charge in [0.25, 0.3) is 0 Å². The molecule has 0 spiro atoms. The third-order valence-electron chi connectivity index (χ3n) is 3.37. The van der Waals surface area contributed by atoms with Crippen LogP contribution in [0.15, 0.2) is 18.2 Å². The predicted octanol–water partition coefficient (Wildman–Crippen LogP) is 1.07. The normalized spacial score (nSPS) is 17.7. The van der Waals surface area contributed by atoms with Gasteiger partial charge in [-0.25, -0.2) is 0 Å². The lowest BCUT2D eigenvalue weighted by Crippen LogP contribution is -2.51. The molecule has 1 unspecified atom stereocenters. The van der Waals surface area contributed by atoms with Gasteiger partial charge in [-0.05, 0) is 25.0 Å². The zero-order valence-corrected chi connectivity index (χ0v) is 13.3. The van der Waals surface area contributed by atoms with Gasteiger partial charge in [-0.2, -0.15) is 0 Å². The van der Waals surface area contributed by atoms with E-state index in [2.05, 4.69) is 16.7 Å². The maximum atomic E-state index is 11.9. The van der Waals surface area contributed by atoms with Crippen LogP contribution < -0.4 is 15.4 Å². The average Bonchev–Trinajstić information content (AvgIpc) is 2.48. The lowest BCUT2D eigenvalue weighted by Gasteiger charge is -2.23. The number of ether oxygens (including phenoxy) is 2. The summed E-state index contributed by atoms with van der Waals surface area (Å²) >= 11 is 0. The van der Waals surface area contributed by atoms with Crippen LogP contribution in [0.5, 0.6) is 5.75 Å². The van der Waals surface area contributed by atoms with E-state index in [0.29, 0.717) is 19.8 Å². The second-order valence-corrected chi connectivity index (χ2v) is 4.94. The van der Waals surface area contributed by atoms with Gasteiger partial charge in [-0.15, -0.1) is 12.4 Å². The lowest BCUT2D eigenvalue weighted by molar-refractivity contribution is -0.125. The van der Waals surface area contributed by atoms with Crippen molar-refractivity contribution in [2.45, 2.75) is 19.4 Å². The minimum Gasteiger partial charge on any atom is -0.496 e. The van der Waals surface area contributed by atoms with E-state index < -0.39 is 0 Å². The van der Waals surface area contributed by atoms with Gasteiger partial charge < -0.3 is 20.1 Å². The molecule has 21 heavy (non-hydrogen) atoms. The van der Waals surface area contributed by atoms with Crippen molar-refractivity contribution < 1.29 is 14.3 Å². The highest BCUT2D eigenvalue weighted by atomic mass is 35.5. The molecule has 6 heteroatoms. The molecular formula is C15H23ClN2O3. The van der Waals surface area contributed by atoms with Gasteiger partial charge in [-0.3, -0.25) is 4.79 Å². The number of halogens is 1. The van der Waals surface area contributed by atoms with Crippen LogP contribution >= 0.6 is 12.4 Å². The molecule has 118 valence electrons. The maximum Gasteiger partial charge on any atom is 0.239 e. The topological polar surface area (TPSA) is 59.6 Å². The molecule has 1 amide bonds. The summed E-state index contributed by atoms with van der Waals surface area (Å²) in [5.74, 6) is 0.861. The van der Waals surface area contributed by atoms with E-state index in [-0.39, 0.29) is 24.4 Å². The molecule has 1 aromatic carbocycles. The van der Waals surface area contributed by atoms with E-state index in [1.165, 1.54) is 5.56 Å². The van der Waals surface area contributed by atoms with Crippen LogP contribution in [0.3, 0.4) is 0 Å². The fourth-order valence-corrected chi connectivity index (χ4v) is 2.28. The Hall–Kier alpha value is -1.30. The number of morpholine rings is 1. The van der Waals surface area contributed by atoms with Gasteiger partial charge in [0.15, 0.2) is 0 Å². The van der Waals surface area contributed by atoms with Crippen molar-refractivity contribution in [2.24, 2.45) is 0 Å². The highest BCUT2D eigenvalue weighted by Gasteiger charge is 2.20. The number of nitrogens with one attached hydrogen (secondary N) is 2. The van der Waals surface area contributed by atoms with Gasteiger partial charge in [0, 0.05) is 13.1 Å². The number of rotatable bonds is 5. The van der Waals surface area contributed by atoms with E-state index in [0.717, 1.165) is 24.3 Å². The van der Waals surface area contributed by atoms with E-state index in [1.54, 1.807) is 7.11 Å². The molecule has 0 radical (unpaired) electrons. The highest BCUT2D eigenvalue weighted by Crippen LogP contribution is 2.19. The van der Waals surface area contributed by atoms with Crippen LogP contribution in [0.4, 0.5) is 0 Å². The third kappa shape index (κ3) is 5.19. The third-order valence-corrected chi connectivity index (χ3v) is 3.37. The summed E-state index contributed by atoms with van der Waals surface area (Å²) < 4.78 is 10.6. The molecule has 1 aliphatic heterocycles. The van der Waals surface area contributed by atoms with Crippen molar-refractivity contribution in [3.8, 4) is 5.75 Å². The summed E-state index contributed by atoms with van der Waals surface area (Å²) in [6, 6.07) is 5.84. The van der Waals surface area contributed by atoms with Crippen LogP contribution in [-0.4, -0.2) is 45.4 Å². The van der Waals surface area contributed by atoms with E-state index >= 15 is 0 Å². The van der Waals surface area contributed by atoms with Gasteiger partial charge >= 0.3 is 0 Å².